The molecule has 178 valence electrons. The van der Waals surface area contributed by atoms with Crippen LogP contribution in [0.15, 0.2) is 42.5 Å². The number of benzene rings is 2. The van der Waals surface area contributed by atoms with E-state index in [4.69, 9.17) is 4.74 Å². The van der Waals surface area contributed by atoms with Crippen molar-refractivity contribution < 1.29 is 27.1 Å². The predicted molar refractivity (Wildman–Crippen MR) is 123 cm³/mol. The number of carbonyl (C=O) groups is 2. The van der Waals surface area contributed by atoms with Gasteiger partial charge >= 0.3 is 0 Å². The maximum Gasteiger partial charge on any atom is 0.263 e. The summed E-state index contributed by atoms with van der Waals surface area (Å²) < 4.78 is 48.4. The molecule has 0 bridgehead atoms. The third-order valence-corrected chi connectivity index (χ3v) is 7.10. The van der Waals surface area contributed by atoms with Gasteiger partial charge in [-0.15, -0.1) is 0 Å². The summed E-state index contributed by atoms with van der Waals surface area (Å²) >= 11 is 0. The maximum atomic E-state index is 14.4. The second-order valence-electron chi connectivity index (χ2n) is 8.19. The molecule has 2 aromatic rings. The average Bonchev–Trinajstić information content (AvgIpc) is 3.03. The van der Waals surface area contributed by atoms with Gasteiger partial charge in [-0.2, -0.15) is 4.72 Å². The molecule has 1 aliphatic rings. The van der Waals surface area contributed by atoms with Gasteiger partial charge in [-0.05, 0) is 49.6 Å². The SMILES string of the molecule is CCCCCS(=O)(=O)N[C@@](C)(c1ccc(F)c(OCCC)c1)N1C(=O)c2ccccc2C1=O. The van der Waals surface area contributed by atoms with Crippen LogP contribution >= 0.6 is 0 Å². The molecule has 1 heterocycles. The van der Waals surface area contributed by atoms with Gasteiger partial charge in [0.25, 0.3) is 11.8 Å². The lowest BCUT2D eigenvalue weighted by molar-refractivity contribution is 0.0422. The molecule has 0 saturated heterocycles. The van der Waals surface area contributed by atoms with Crippen molar-refractivity contribution >= 4 is 21.8 Å². The number of hydrogen-bond donors (Lipinski definition) is 1. The summed E-state index contributed by atoms with van der Waals surface area (Å²) in [4.78, 5) is 27.4. The van der Waals surface area contributed by atoms with Gasteiger partial charge in [0, 0.05) is 0 Å². The summed E-state index contributed by atoms with van der Waals surface area (Å²) in [5, 5.41) is 0. The third-order valence-electron chi connectivity index (χ3n) is 5.57. The summed E-state index contributed by atoms with van der Waals surface area (Å²) in [6.07, 6.45) is 2.62. The Morgan fingerprint density at radius 3 is 2.21 bits per heavy atom. The lowest BCUT2D eigenvalue weighted by Gasteiger charge is -2.38. The lowest BCUT2D eigenvalue weighted by Crippen LogP contribution is -2.58. The van der Waals surface area contributed by atoms with Crippen molar-refractivity contribution in [2.45, 2.75) is 52.1 Å². The molecule has 2 amide bonds. The number of ether oxygens (including phenoxy) is 1. The Hall–Kier alpha value is -2.78. The van der Waals surface area contributed by atoms with Crippen LogP contribution in [0.1, 0.15) is 72.7 Å². The van der Waals surface area contributed by atoms with Crippen molar-refractivity contribution in [2.24, 2.45) is 0 Å². The topological polar surface area (TPSA) is 92.8 Å². The number of amides is 2. The minimum atomic E-state index is -3.90. The van der Waals surface area contributed by atoms with Crippen LogP contribution in [0, 0.1) is 5.82 Å². The van der Waals surface area contributed by atoms with Gasteiger partial charge in [0.1, 0.15) is 5.66 Å². The van der Waals surface area contributed by atoms with Crippen molar-refractivity contribution in [1.29, 1.82) is 0 Å². The zero-order chi connectivity index (χ0) is 24.2. The Kier molecular flexibility index (Phi) is 7.54. The van der Waals surface area contributed by atoms with E-state index in [-0.39, 0.29) is 34.8 Å². The van der Waals surface area contributed by atoms with Crippen molar-refractivity contribution in [2.75, 3.05) is 12.4 Å². The molecule has 9 heteroatoms. The van der Waals surface area contributed by atoms with Crippen LogP contribution in [0.4, 0.5) is 4.39 Å². The summed E-state index contributed by atoms with van der Waals surface area (Å²) in [7, 11) is -3.90. The van der Waals surface area contributed by atoms with Gasteiger partial charge < -0.3 is 4.74 Å². The normalized spacial score (nSPS) is 15.5. The monoisotopic (exact) mass is 476 g/mol. The number of halogens is 1. The van der Waals surface area contributed by atoms with Crippen LogP contribution in [-0.4, -0.2) is 37.5 Å². The predicted octanol–water partition coefficient (Wildman–Crippen LogP) is 4.19. The molecule has 0 aromatic heterocycles. The fourth-order valence-electron chi connectivity index (χ4n) is 3.85. The quantitative estimate of drug-likeness (QED) is 0.388. The Morgan fingerprint density at radius 1 is 1.00 bits per heavy atom. The minimum absolute atomic E-state index is 0.0811. The molecule has 2 aromatic carbocycles. The van der Waals surface area contributed by atoms with Gasteiger partial charge in [0.2, 0.25) is 10.0 Å². The second kappa shape index (κ2) is 10.0. The highest BCUT2D eigenvalue weighted by Gasteiger charge is 2.49. The smallest absolute Gasteiger partial charge is 0.263 e. The van der Waals surface area contributed by atoms with Gasteiger partial charge in [0.15, 0.2) is 11.6 Å². The highest BCUT2D eigenvalue weighted by atomic mass is 32.2. The fraction of sp³-hybridized carbons (Fsp3) is 0.417. The molecule has 0 aliphatic carbocycles. The first kappa shape index (κ1) is 24.9. The number of rotatable bonds is 11. The van der Waals surface area contributed by atoms with Crippen molar-refractivity contribution in [1.82, 2.24) is 9.62 Å². The summed E-state index contributed by atoms with van der Waals surface area (Å²) in [6.45, 7) is 5.52. The van der Waals surface area contributed by atoms with Crippen LogP contribution in [0.5, 0.6) is 5.75 Å². The Balaban J connectivity index is 2.10. The van der Waals surface area contributed by atoms with E-state index in [1.165, 1.54) is 31.2 Å². The van der Waals surface area contributed by atoms with Crippen LogP contribution < -0.4 is 9.46 Å². The summed E-state index contributed by atoms with van der Waals surface area (Å²) in [6, 6.07) is 10.1. The number of imide groups is 1. The van der Waals surface area contributed by atoms with E-state index in [2.05, 4.69) is 4.72 Å². The highest BCUT2D eigenvalue weighted by Crippen LogP contribution is 2.36. The van der Waals surface area contributed by atoms with E-state index in [9.17, 15) is 22.4 Å². The number of hydrogen-bond acceptors (Lipinski definition) is 5. The lowest BCUT2D eigenvalue weighted by atomic mass is 9.99. The average molecular weight is 477 g/mol. The Bertz CT molecular complexity index is 1120. The number of sulfonamides is 1. The fourth-order valence-corrected chi connectivity index (χ4v) is 5.35. The number of carbonyl (C=O) groups excluding carboxylic acids is 2. The van der Waals surface area contributed by atoms with Gasteiger partial charge in [-0.3, -0.25) is 14.5 Å². The standard InChI is InChI=1S/C24H29FN2O5S/c1-4-6-9-15-33(30,31)26-24(3,17-12-13-20(25)21(16-17)32-14-5-2)27-22(28)18-10-7-8-11-19(18)23(27)29/h7-8,10-13,16,26H,4-6,9,14-15H2,1-3H3/t24-/m1/s1. The molecule has 33 heavy (non-hydrogen) atoms. The van der Waals surface area contributed by atoms with Gasteiger partial charge in [-0.25, -0.2) is 12.8 Å². The molecule has 7 nitrogen and oxygen atoms in total. The minimum Gasteiger partial charge on any atom is -0.491 e. The number of unbranched alkanes of at least 4 members (excludes halogenated alkanes) is 2. The molecule has 0 radical (unpaired) electrons. The van der Waals surface area contributed by atoms with Gasteiger partial charge in [0.05, 0.1) is 23.5 Å². The van der Waals surface area contributed by atoms with Crippen molar-refractivity contribution in [3.05, 3.63) is 65.0 Å². The first-order valence-corrected chi connectivity index (χ1v) is 12.7. The summed E-state index contributed by atoms with van der Waals surface area (Å²) in [5.41, 5.74) is -1.22. The highest BCUT2D eigenvalue weighted by molar-refractivity contribution is 7.89. The van der Waals surface area contributed by atoms with E-state index < -0.39 is 33.3 Å². The van der Waals surface area contributed by atoms with E-state index in [0.29, 0.717) is 12.8 Å². The Morgan fingerprint density at radius 2 is 1.64 bits per heavy atom. The molecule has 1 N–H and O–H groups in total. The van der Waals surface area contributed by atoms with Crippen molar-refractivity contribution in [3.63, 3.8) is 0 Å². The molecule has 0 saturated carbocycles. The van der Waals surface area contributed by atoms with E-state index in [0.717, 1.165) is 23.8 Å². The molecule has 3 rings (SSSR count). The van der Waals surface area contributed by atoms with E-state index in [1.807, 2.05) is 13.8 Å². The number of nitrogens with zero attached hydrogens (tertiary/aromatic N) is 1. The van der Waals surface area contributed by atoms with Crippen LogP contribution in [-0.2, 0) is 15.7 Å². The number of nitrogens with one attached hydrogen (secondary N) is 1. The third kappa shape index (κ3) is 5.09. The van der Waals surface area contributed by atoms with Gasteiger partial charge in [-0.1, -0.05) is 44.9 Å². The largest absolute Gasteiger partial charge is 0.491 e. The zero-order valence-electron chi connectivity index (χ0n) is 19.1. The van der Waals surface area contributed by atoms with Crippen LogP contribution in [0.3, 0.4) is 0 Å². The first-order chi connectivity index (χ1) is 15.6. The molecular formula is C24H29FN2O5S. The number of fused-ring (bicyclic) bond motifs is 1. The molecule has 0 spiro atoms. The molecule has 1 aliphatic heterocycles. The van der Waals surface area contributed by atoms with Crippen LogP contribution in [0.25, 0.3) is 0 Å². The van der Waals surface area contributed by atoms with E-state index in [1.54, 1.807) is 12.1 Å². The second-order valence-corrected chi connectivity index (χ2v) is 10.0. The summed E-state index contributed by atoms with van der Waals surface area (Å²) in [5.74, 6) is -2.13. The molecule has 0 unspecified atom stereocenters. The van der Waals surface area contributed by atoms with Crippen LogP contribution in [0.2, 0.25) is 0 Å². The first-order valence-electron chi connectivity index (χ1n) is 11.1. The molecule has 0 fully saturated rings. The Labute approximate surface area is 194 Å². The zero-order valence-corrected chi connectivity index (χ0v) is 19.9. The van der Waals surface area contributed by atoms with E-state index >= 15 is 0 Å². The van der Waals surface area contributed by atoms with Crippen molar-refractivity contribution in [3.8, 4) is 5.75 Å². The maximum absolute atomic E-state index is 14.4. The molecule has 1 atom stereocenters. The molecular weight excluding hydrogens is 447 g/mol.